The van der Waals surface area contributed by atoms with Gasteiger partial charge in [0.05, 0.1) is 11.6 Å². The van der Waals surface area contributed by atoms with E-state index in [2.05, 4.69) is 23.2 Å². The zero-order valence-electron chi connectivity index (χ0n) is 9.85. The molecule has 0 N–H and O–H groups in total. The normalized spacial score (nSPS) is 18.4. The van der Waals surface area contributed by atoms with Crippen molar-refractivity contribution < 1.29 is 0 Å². The minimum atomic E-state index is 0.146. The van der Waals surface area contributed by atoms with Crippen LogP contribution >= 0.6 is 0 Å². The molecule has 17 heavy (non-hydrogen) atoms. The molecule has 4 heteroatoms. The Bertz CT molecular complexity index is 599. The monoisotopic (exact) mass is 226 g/mol. The first-order valence-corrected chi connectivity index (χ1v) is 5.98. The average molecular weight is 226 g/mol. The molecule has 2 aromatic heterocycles. The fourth-order valence-corrected chi connectivity index (χ4v) is 2.75. The summed E-state index contributed by atoms with van der Waals surface area (Å²) in [6.45, 7) is 2.26. The number of nitrogens with zero attached hydrogens (tertiary/aromatic N) is 4. The molecule has 2 heterocycles. The van der Waals surface area contributed by atoms with Crippen molar-refractivity contribution in [2.45, 2.75) is 38.0 Å². The van der Waals surface area contributed by atoms with Crippen molar-refractivity contribution in [1.29, 1.82) is 5.26 Å². The van der Waals surface area contributed by atoms with Crippen molar-refractivity contribution in [3.05, 3.63) is 29.7 Å². The molecule has 1 saturated carbocycles. The van der Waals surface area contributed by atoms with Gasteiger partial charge in [0.15, 0.2) is 5.65 Å². The third-order valence-electron chi connectivity index (χ3n) is 3.79. The lowest BCUT2D eigenvalue weighted by Gasteiger charge is -2.20. The van der Waals surface area contributed by atoms with E-state index in [-0.39, 0.29) is 5.41 Å². The second-order valence-electron chi connectivity index (χ2n) is 5.05. The van der Waals surface area contributed by atoms with Crippen LogP contribution < -0.4 is 0 Å². The number of hydrogen-bond donors (Lipinski definition) is 0. The van der Waals surface area contributed by atoms with Crippen molar-refractivity contribution in [3.63, 3.8) is 0 Å². The molecule has 0 bridgehead atoms. The van der Waals surface area contributed by atoms with Gasteiger partial charge in [-0.2, -0.15) is 5.26 Å². The molecule has 0 aromatic carbocycles. The van der Waals surface area contributed by atoms with E-state index in [1.54, 1.807) is 6.07 Å². The predicted molar refractivity (Wildman–Crippen MR) is 63.5 cm³/mol. The van der Waals surface area contributed by atoms with Crippen LogP contribution in [-0.4, -0.2) is 14.6 Å². The molecule has 4 nitrogen and oxygen atoms in total. The molecule has 2 aromatic rings. The van der Waals surface area contributed by atoms with Gasteiger partial charge in [-0.1, -0.05) is 19.8 Å². The molecule has 1 aliphatic carbocycles. The minimum absolute atomic E-state index is 0.146. The van der Waals surface area contributed by atoms with Gasteiger partial charge in [0.25, 0.3) is 0 Å². The smallest absolute Gasteiger partial charge is 0.162 e. The summed E-state index contributed by atoms with van der Waals surface area (Å²) in [6, 6.07) is 5.73. The Morgan fingerprint density at radius 3 is 2.82 bits per heavy atom. The van der Waals surface area contributed by atoms with Gasteiger partial charge in [-0.05, 0) is 18.9 Å². The minimum Gasteiger partial charge on any atom is -0.286 e. The van der Waals surface area contributed by atoms with Crippen LogP contribution in [0.15, 0.2) is 18.3 Å². The van der Waals surface area contributed by atoms with Gasteiger partial charge in [-0.3, -0.25) is 4.40 Å². The summed E-state index contributed by atoms with van der Waals surface area (Å²) in [5, 5.41) is 17.4. The van der Waals surface area contributed by atoms with Gasteiger partial charge in [0.2, 0.25) is 0 Å². The molecule has 1 aliphatic rings. The maximum Gasteiger partial charge on any atom is 0.162 e. The lowest BCUT2D eigenvalue weighted by Crippen LogP contribution is -2.20. The Balaban J connectivity index is 2.16. The molecule has 0 aliphatic heterocycles. The van der Waals surface area contributed by atoms with E-state index >= 15 is 0 Å². The Morgan fingerprint density at radius 1 is 1.35 bits per heavy atom. The maximum atomic E-state index is 8.86. The van der Waals surface area contributed by atoms with Crippen LogP contribution in [0, 0.1) is 11.3 Å². The number of fused-ring (bicyclic) bond motifs is 1. The molecule has 0 spiro atoms. The highest BCUT2D eigenvalue weighted by atomic mass is 15.3. The van der Waals surface area contributed by atoms with Gasteiger partial charge >= 0.3 is 0 Å². The second-order valence-corrected chi connectivity index (χ2v) is 5.05. The predicted octanol–water partition coefficient (Wildman–Crippen LogP) is 2.43. The van der Waals surface area contributed by atoms with Crippen molar-refractivity contribution in [3.8, 4) is 6.07 Å². The molecule has 0 amide bonds. The Hall–Kier alpha value is -1.89. The topological polar surface area (TPSA) is 54.0 Å². The third-order valence-corrected chi connectivity index (χ3v) is 3.79. The molecular weight excluding hydrogens is 212 g/mol. The molecule has 0 atom stereocenters. The molecule has 0 radical (unpaired) electrons. The molecular formula is C13H14N4. The Kier molecular flexibility index (Phi) is 2.15. The van der Waals surface area contributed by atoms with Gasteiger partial charge in [0.1, 0.15) is 5.82 Å². The van der Waals surface area contributed by atoms with Crippen LogP contribution in [0.4, 0.5) is 0 Å². The largest absolute Gasteiger partial charge is 0.286 e. The fraction of sp³-hybridized carbons (Fsp3) is 0.462. The maximum absolute atomic E-state index is 8.86. The van der Waals surface area contributed by atoms with Crippen LogP contribution in [0.25, 0.3) is 5.65 Å². The zero-order valence-corrected chi connectivity index (χ0v) is 9.85. The van der Waals surface area contributed by atoms with Crippen LogP contribution in [0.1, 0.15) is 44.0 Å². The highest BCUT2D eigenvalue weighted by Gasteiger charge is 2.34. The standard InChI is InChI=1S/C13H14N4/c1-13(5-2-3-6-13)12-16-15-11-8-10(9-14)4-7-17(11)12/h4,7-8H,2-3,5-6H2,1H3. The number of nitriles is 1. The van der Waals surface area contributed by atoms with Gasteiger partial charge < -0.3 is 0 Å². The lowest BCUT2D eigenvalue weighted by molar-refractivity contribution is 0.454. The summed E-state index contributed by atoms with van der Waals surface area (Å²) >= 11 is 0. The van der Waals surface area contributed by atoms with Crippen LogP contribution in [0.3, 0.4) is 0 Å². The average Bonchev–Trinajstić information content (AvgIpc) is 2.95. The van der Waals surface area contributed by atoms with E-state index in [0.29, 0.717) is 5.56 Å². The Labute approximate surface area is 99.9 Å². The van der Waals surface area contributed by atoms with Gasteiger partial charge in [-0.15, -0.1) is 10.2 Å². The Morgan fingerprint density at radius 2 is 2.12 bits per heavy atom. The van der Waals surface area contributed by atoms with Crippen molar-refractivity contribution in [2.24, 2.45) is 0 Å². The lowest BCUT2D eigenvalue weighted by atomic mass is 9.88. The molecule has 0 saturated heterocycles. The first-order valence-electron chi connectivity index (χ1n) is 5.98. The summed E-state index contributed by atoms with van der Waals surface area (Å²) in [5.41, 5.74) is 1.55. The van der Waals surface area contributed by atoms with Crippen LogP contribution in [0.2, 0.25) is 0 Å². The molecule has 1 fully saturated rings. The van der Waals surface area contributed by atoms with E-state index in [0.717, 1.165) is 11.5 Å². The summed E-state index contributed by atoms with van der Waals surface area (Å²) in [6.07, 6.45) is 6.79. The number of hydrogen-bond acceptors (Lipinski definition) is 3. The molecule has 0 unspecified atom stereocenters. The van der Waals surface area contributed by atoms with E-state index in [1.165, 1.54) is 25.7 Å². The van der Waals surface area contributed by atoms with Crippen LogP contribution in [0.5, 0.6) is 0 Å². The second kappa shape index (κ2) is 3.56. The fourth-order valence-electron chi connectivity index (χ4n) is 2.75. The SMILES string of the molecule is CC1(c2nnc3cc(C#N)ccn23)CCCC1. The van der Waals surface area contributed by atoms with E-state index in [4.69, 9.17) is 5.26 Å². The summed E-state index contributed by atoms with van der Waals surface area (Å²) < 4.78 is 2.02. The third kappa shape index (κ3) is 1.50. The van der Waals surface area contributed by atoms with E-state index < -0.39 is 0 Å². The summed E-state index contributed by atoms with van der Waals surface area (Å²) in [4.78, 5) is 0. The van der Waals surface area contributed by atoms with E-state index in [9.17, 15) is 0 Å². The van der Waals surface area contributed by atoms with Gasteiger partial charge in [-0.25, -0.2) is 0 Å². The van der Waals surface area contributed by atoms with Crippen molar-refractivity contribution in [1.82, 2.24) is 14.6 Å². The highest BCUT2D eigenvalue weighted by molar-refractivity contribution is 5.46. The number of pyridine rings is 1. The highest BCUT2D eigenvalue weighted by Crippen LogP contribution is 2.39. The zero-order chi connectivity index (χ0) is 11.9. The van der Waals surface area contributed by atoms with Gasteiger partial charge in [0, 0.05) is 17.7 Å². The quantitative estimate of drug-likeness (QED) is 0.750. The first-order chi connectivity index (χ1) is 8.23. The molecule has 86 valence electrons. The van der Waals surface area contributed by atoms with E-state index in [1.807, 2.05) is 16.7 Å². The van der Waals surface area contributed by atoms with Crippen molar-refractivity contribution >= 4 is 5.65 Å². The van der Waals surface area contributed by atoms with Crippen LogP contribution in [-0.2, 0) is 5.41 Å². The van der Waals surface area contributed by atoms with Crippen molar-refractivity contribution in [2.75, 3.05) is 0 Å². The summed E-state index contributed by atoms with van der Waals surface area (Å²) in [5.74, 6) is 1.04. The number of rotatable bonds is 1. The first kappa shape index (κ1) is 10.3. The number of aromatic nitrogens is 3. The summed E-state index contributed by atoms with van der Waals surface area (Å²) in [7, 11) is 0. The molecule has 3 rings (SSSR count).